The summed E-state index contributed by atoms with van der Waals surface area (Å²) in [6.45, 7) is 0.456. The van der Waals surface area contributed by atoms with E-state index < -0.39 is 11.7 Å². The standard InChI is InChI=1S/C18H16ClF3N4O3S/c1-28-13-4-2-3-5-14(13)29-7-6-23-15(27)10-30-17-25-24-16-12(19)8-11(9-26(16)17)18(20,21)22/h2-5,8-9H,6-7,10H2,1H3,(H,23,27). The van der Waals surface area contributed by atoms with Crippen molar-refractivity contribution < 1.29 is 27.4 Å². The van der Waals surface area contributed by atoms with Gasteiger partial charge < -0.3 is 14.8 Å². The van der Waals surface area contributed by atoms with E-state index in [0.717, 1.165) is 28.4 Å². The van der Waals surface area contributed by atoms with Gasteiger partial charge in [0.1, 0.15) is 6.61 Å². The molecule has 7 nitrogen and oxygen atoms in total. The van der Waals surface area contributed by atoms with E-state index >= 15 is 0 Å². The minimum Gasteiger partial charge on any atom is -0.493 e. The Bertz CT molecular complexity index is 1050. The van der Waals surface area contributed by atoms with Crippen molar-refractivity contribution in [1.29, 1.82) is 0 Å². The molecule has 30 heavy (non-hydrogen) atoms. The van der Waals surface area contributed by atoms with E-state index in [0.29, 0.717) is 11.5 Å². The Morgan fingerprint density at radius 2 is 2.00 bits per heavy atom. The zero-order valence-electron chi connectivity index (χ0n) is 15.6. The van der Waals surface area contributed by atoms with Gasteiger partial charge in [0.05, 0.1) is 30.0 Å². The number of ether oxygens (including phenoxy) is 2. The van der Waals surface area contributed by atoms with E-state index in [4.69, 9.17) is 21.1 Å². The third-order valence-corrected chi connectivity index (χ3v) is 5.06. The summed E-state index contributed by atoms with van der Waals surface area (Å²) in [6, 6.07) is 7.89. The topological polar surface area (TPSA) is 77.8 Å². The molecule has 1 aromatic carbocycles. The first kappa shape index (κ1) is 22.0. The average Bonchev–Trinajstić information content (AvgIpc) is 3.13. The molecular weight excluding hydrogens is 445 g/mol. The number of pyridine rings is 1. The highest BCUT2D eigenvalue weighted by molar-refractivity contribution is 7.99. The molecule has 0 saturated heterocycles. The Morgan fingerprint density at radius 1 is 1.27 bits per heavy atom. The van der Waals surface area contributed by atoms with E-state index in [9.17, 15) is 18.0 Å². The van der Waals surface area contributed by atoms with Gasteiger partial charge in [0.25, 0.3) is 0 Å². The zero-order valence-corrected chi connectivity index (χ0v) is 17.1. The summed E-state index contributed by atoms with van der Waals surface area (Å²) in [5.74, 6) is 0.729. The molecule has 0 fully saturated rings. The summed E-state index contributed by atoms with van der Waals surface area (Å²) in [5.41, 5.74) is -0.850. The summed E-state index contributed by atoms with van der Waals surface area (Å²) in [6.07, 6.45) is -3.72. The van der Waals surface area contributed by atoms with Crippen molar-refractivity contribution in [3.05, 3.63) is 47.1 Å². The first-order valence-electron chi connectivity index (χ1n) is 8.56. The lowest BCUT2D eigenvalue weighted by Crippen LogP contribution is -2.29. The second-order valence-electron chi connectivity index (χ2n) is 5.89. The van der Waals surface area contributed by atoms with Gasteiger partial charge in [-0.3, -0.25) is 9.20 Å². The predicted molar refractivity (Wildman–Crippen MR) is 105 cm³/mol. The van der Waals surface area contributed by atoms with Gasteiger partial charge in [0.2, 0.25) is 5.91 Å². The Morgan fingerprint density at radius 3 is 2.70 bits per heavy atom. The van der Waals surface area contributed by atoms with Gasteiger partial charge in [-0.05, 0) is 18.2 Å². The summed E-state index contributed by atoms with van der Waals surface area (Å²) in [4.78, 5) is 12.0. The number of fused-ring (bicyclic) bond motifs is 1. The molecule has 0 atom stereocenters. The largest absolute Gasteiger partial charge is 0.493 e. The van der Waals surface area contributed by atoms with Gasteiger partial charge >= 0.3 is 6.18 Å². The molecule has 0 radical (unpaired) electrons. The molecule has 1 amide bonds. The molecule has 12 heteroatoms. The molecule has 0 saturated carbocycles. The Kier molecular flexibility index (Phi) is 6.93. The van der Waals surface area contributed by atoms with Crippen LogP contribution in [0.5, 0.6) is 11.5 Å². The van der Waals surface area contributed by atoms with Gasteiger partial charge in [-0.15, -0.1) is 10.2 Å². The summed E-state index contributed by atoms with van der Waals surface area (Å²) in [5, 5.41) is 10.2. The third-order valence-electron chi connectivity index (χ3n) is 3.84. The fraction of sp³-hybridized carbons (Fsp3) is 0.278. The number of benzene rings is 1. The zero-order chi connectivity index (χ0) is 21.7. The van der Waals surface area contributed by atoms with Crippen LogP contribution in [0.4, 0.5) is 13.2 Å². The second-order valence-corrected chi connectivity index (χ2v) is 7.24. The highest BCUT2D eigenvalue weighted by atomic mass is 35.5. The maximum Gasteiger partial charge on any atom is 0.417 e. The highest BCUT2D eigenvalue weighted by Gasteiger charge is 2.32. The number of thioether (sulfide) groups is 1. The number of hydrogen-bond donors (Lipinski definition) is 1. The number of nitrogens with one attached hydrogen (secondary N) is 1. The average molecular weight is 461 g/mol. The Labute approximate surface area is 178 Å². The van der Waals surface area contributed by atoms with E-state index in [2.05, 4.69) is 15.5 Å². The van der Waals surface area contributed by atoms with Crippen LogP contribution in [0.2, 0.25) is 5.02 Å². The molecule has 0 aliphatic rings. The minimum absolute atomic E-state index is 0.0662. The second kappa shape index (κ2) is 9.43. The number of rotatable bonds is 8. The first-order valence-corrected chi connectivity index (χ1v) is 9.92. The van der Waals surface area contributed by atoms with E-state index in [1.54, 1.807) is 18.2 Å². The van der Waals surface area contributed by atoms with Gasteiger partial charge in [0, 0.05) is 6.20 Å². The van der Waals surface area contributed by atoms with Crippen LogP contribution < -0.4 is 14.8 Å². The molecule has 0 aliphatic carbocycles. The Hall–Kier alpha value is -2.66. The normalized spacial score (nSPS) is 11.5. The smallest absolute Gasteiger partial charge is 0.417 e. The van der Waals surface area contributed by atoms with Crippen LogP contribution in [0.25, 0.3) is 5.65 Å². The maximum atomic E-state index is 13.0. The highest BCUT2D eigenvalue weighted by Crippen LogP contribution is 2.33. The predicted octanol–water partition coefficient (Wildman–Crippen LogP) is 3.70. The van der Waals surface area contributed by atoms with Crippen molar-refractivity contribution in [1.82, 2.24) is 19.9 Å². The van der Waals surface area contributed by atoms with Crippen LogP contribution in [-0.2, 0) is 11.0 Å². The van der Waals surface area contributed by atoms with E-state index in [1.165, 1.54) is 7.11 Å². The number of methoxy groups -OCH3 is 1. The number of para-hydroxylation sites is 2. The lowest BCUT2D eigenvalue weighted by Gasteiger charge is -2.11. The van der Waals surface area contributed by atoms with Gasteiger partial charge in [-0.25, -0.2) is 0 Å². The lowest BCUT2D eigenvalue weighted by atomic mass is 10.3. The number of alkyl halides is 3. The monoisotopic (exact) mass is 460 g/mol. The molecule has 3 aromatic rings. The maximum absolute atomic E-state index is 13.0. The quantitative estimate of drug-likeness (QED) is 0.408. The van der Waals surface area contributed by atoms with Crippen molar-refractivity contribution in [3.63, 3.8) is 0 Å². The number of aromatic nitrogens is 3. The summed E-state index contributed by atoms with van der Waals surface area (Å²) >= 11 is 6.81. The fourth-order valence-electron chi connectivity index (χ4n) is 2.46. The van der Waals surface area contributed by atoms with Crippen molar-refractivity contribution in [3.8, 4) is 11.5 Å². The van der Waals surface area contributed by atoms with Gasteiger partial charge in [-0.1, -0.05) is 35.5 Å². The number of halogens is 4. The van der Waals surface area contributed by atoms with Crippen LogP contribution in [0, 0.1) is 0 Å². The summed E-state index contributed by atoms with van der Waals surface area (Å²) < 4.78 is 50.8. The van der Waals surface area contributed by atoms with Crippen LogP contribution in [-0.4, -0.2) is 46.5 Å². The number of amides is 1. The number of carbonyl (C=O) groups is 1. The van der Waals surface area contributed by atoms with Crippen molar-refractivity contribution in [2.24, 2.45) is 0 Å². The lowest BCUT2D eigenvalue weighted by molar-refractivity contribution is -0.137. The molecule has 1 N–H and O–H groups in total. The van der Waals surface area contributed by atoms with Crippen LogP contribution in [0.1, 0.15) is 5.56 Å². The number of nitrogens with zero attached hydrogens (tertiary/aromatic N) is 3. The van der Waals surface area contributed by atoms with Gasteiger partial charge in [-0.2, -0.15) is 13.2 Å². The van der Waals surface area contributed by atoms with E-state index in [1.807, 2.05) is 6.07 Å². The van der Waals surface area contributed by atoms with E-state index in [-0.39, 0.29) is 40.6 Å². The Balaban J connectivity index is 1.53. The first-order chi connectivity index (χ1) is 14.3. The summed E-state index contributed by atoms with van der Waals surface area (Å²) in [7, 11) is 1.53. The van der Waals surface area contributed by atoms with Crippen LogP contribution >= 0.6 is 23.4 Å². The third kappa shape index (κ3) is 5.28. The molecule has 0 spiro atoms. The molecule has 3 rings (SSSR count). The molecule has 0 unspecified atom stereocenters. The van der Waals surface area contributed by atoms with Crippen LogP contribution in [0.3, 0.4) is 0 Å². The molecule has 160 valence electrons. The molecule has 0 bridgehead atoms. The molecule has 2 aromatic heterocycles. The van der Waals surface area contributed by atoms with Gasteiger partial charge in [0.15, 0.2) is 22.3 Å². The van der Waals surface area contributed by atoms with Crippen molar-refractivity contribution >= 4 is 34.9 Å². The molecular formula is C18H16ClF3N4O3S. The van der Waals surface area contributed by atoms with Crippen LogP contribution in [0.15, 0.2) is 41.7 Å². The molecule has 0 aliphatic heterocycles. The number of carbonyl (C=O) groups excluding carboxylic acids is 1. The van der Waals surface area contributed by atoms with Crippen molar-refractivity contribution in [2.75, 3.05) is 26.0 Å². The molecule has 2 heterocycles. The number of hydrogen-bond acceptors (Lipinski definition) is 6. The minimum atomic E-state index is -4.57. The SMILES string of the molecule is COc1ccccc1OCCNC(=O)CSc1nnc2c(Cl)cc(C(F)(F)F)cn12. The fourth-order valence-corrected chi connectivity index (χ4v) is 3.44. The van der Waals surface area contributed by atoms with Crippen molar-refractivity contribution in [2.45, 2.75) is 11.3 Å².